The molecular formula is C14H17BrFNO. The molecule has 0 bridgehead atoms. The van der Waals surface area contributed by atoms with Crippen molar-refractivity contribution in [2.75, 3.05) is 0 Å². The fourth-order valence-corrected chi connectivity index (χ4v) is 3.06. The van der Waals surface area contributed by atoms with Crippen LogP contribution in [-0.2, 0) is 0 Å². The Labute approximate surface area is 115 Å². The summed E-state index contributed by atoms with van der Waals surface area (Å²) >= 11 is 3.22. The van der Waals surface area contributed by atoms with E-state index in [1.165, 1.54) is 12.5 Å². The number of nitrogens with one attached hydrogen (secondary N) is 1. The third-order valence-corrected chi connectivity index (χ3v) is 4.12. The van der Waals surface area contributed by atoms with Gasteiger partial charge in [-0.1, -0.05) is 25.8 Å². The van der Waals surface area contributed by atoms with E-state index >= 15 is 0 Å². The SMILES string of the molecule is CC1CCCC(NC(=O)c2c(F)cccc2Br)C1. The van der Waals surface area contributed by atoms with Crippen molar-refractivity contribution in [1.82, 2.24) is 5.32 Å². The highest BCUT2D eigenvalue weighted by atomic mass is 79.9. The van der Waals surface area contributed by atoms with Crippen LogP contribution in [0, 0.1) is 11.7 Å². The number of carbonyl (C=O) groups is 1. The number of hydrogen-bond acceptors (Lipinski definition) is 1. The average molecular weight is 314 g/mol. The van der Waals surface area contributed by atoms with E-state index < -0.39 is 5.82 Å². The molecule has 1 fully saturated rings. The molecule has 2 nitrogen and oxygen atoms in total. The van der Waals surface area contributed by atoms with Gasteiger partial charge in [0.05, 0.1) is 5.56 Å². The van der Waals surface area contributed by atoms with Crippen LogP contribution in [-0.4, -0.2) is 11.9 Å². The minimum atomic E-state index is -0.481. The van der Waals surface area contributed by atoms with Gasteiger partial charge in [-0.25, -0.2) is 4.39 Å². The Hall–Kier alpha value is -0.900. The highest BCUT2D eigenvalue weighted by molar-refractivity contribution is 9.10. The van der Waals surface area contributed by atoms with Crippen molar-refractivity contribution >= 4 is 21.8 Å². The molecule has 0 saturated heterocycles. The van der Waals surface area contributed by atoms with Crippen LogP contribution in [0.1, 0.15) is 43.0 Å². The molecule has 2 rings (SSSR count). The molecular weight excluding hydrogens is 297 g/mol. The molecule has 1 aliphatic carbocycles. The van der Waals surface area contributed by atoms with E-state index in [4.69, 9.17) is 0 Å². The number of carbonyl (C=O) groups excluding carboxylic acids is 1. The van der Waals surface area contributed by atoms with E-state index in [0.29, 0.717) is 10.4 Å². The molecule has 0 radical (unpaired) electrons. The maximum atomic E-state index is 13.6. The molecule has 18 heavy (non-hydrogen) atoms. The summed E-state index contributed by atoms with van der Waals surface area (Å²) in [6, 6.07) is 4.75. The van der Waals surface area contributed by atoms with Crippen molar-refractivity contribution in [2.24, 2.45) is 5.92 Å². The summed E-state index contributed by atoms with van der Waals surface area (Å²) in [7, 11) is 0. The Morgan fingerprint density at radius 1 is 1.44 bits per heavy atom. The van der Waals surface area contributed by atoms with Gasteiger partial charge in [0.15, 0.2) is 0 Å². The predicted molar refractivity (Wildman–Crippen MR) is 73.0 cm³/mol. The summed E-state index contributed by atoms with van der Waals surface area (Å²) in [5, 5.41) is 2.94. The zero-order valence-electron chi connectivity index (χ0n) is 10.4. The molecule has 98 valence electrons. The van der Waals surface area contributed by atoms with Crippen LogP contribution < -0.4 is 5.32 Å². The van der Waals surface area contributed by atoms with Gasteiger partial charge < -0.3 is 5.32 Å². The first-order valence-corrected chi connectivity index (χ1v) is 7.12. The molecule has 1 amide bonds. The molecule has 0 spiro atoms. The van der Waals surface area contributed by atoms with Crippen LogP contribution >= 0.6 is 15.9 Å². The van der Waals surface area contributed by atoms with E-state index in [9.17, 15) is 9.18 Å². The number of amides is 1. The fraction of sp³-hybridized carbons (Fsp3) is 0.500. The second-order valence-electron chi connectivity index (χ2n) is 5.04. The van der Waals surface area contributed by atoms with Crippen LogP contribution in [0.3, 0.4) is 0 Å². The van der Waals surface area contributed by atoms with Gasteiger partial charge in [0.2, 0.25) is 0 Å². The zero-order chi connectivity index (χ0) is 13.1. The van der Waals surface area contributed by atoms with E-state index in [-0.39, 0.29) is 17.5 Å². The maximum Gasteiger partial charge on any atom is 0.255 e. The highest BCUT2D eigenvalue weighted by Crippen LogP contribution is 2.25. The first-order valence-electron chi connectivity index (χ1n) is 6.33. The summed E-state index contributed by atoms with van der Waals surface area (Å²) in [6.07, 6.45) is 4.32. The van der Waals surface area contributed by atoms with Crippen molar-refractivity contribution < 1.29 is 9.18 Å². The monoisotopic (exact) mass is 313 g/mol. The number of halogens is 2. The lowest BCUT2D eigenvalue weighted by molar-refractivity contribution is 0.0916. The molecule has 1 aromatic carbocycles. The summed E-state index contributed by atoms with van der Waals surface area (Å²) in [4.78, 5) is 12.1. The second kappa shape index (κ2) is 5.83. The van der Waals surface area contributed by atoms with Crippen molar-refractivity contribution in [3.8, 4) is 0 Å². The van der Waals surface area contributed by atoms with Gasteiger partial charge in [-0.05, 0) is 46.8 Å². The molecule has 0 aliphatic heterocycles. The minimum absolute atomic E-state index is 0.107. The van der Waals surface area contributed by atoms with Crippen LogP contribution in [0.25, 0.3) is 0 Å². The fourth-order valence-electron chi connectivity index (χ4n) is 2.54. The quantitative estimate of drug-likeness (QED) is 0.881. The molecule has 1 N–H and O–H groups in total. The topological polar surface area (TPSA) is 29.1 Å². The Kier molecular flexibility index (Phi) is 4.38. The lowest BCUT2D eigenvalue weighted by atomic mass is 9.87. The molecule has 2 atom stereocenters. The zero-order valence-corrected chi connectivity index (χ0v) is 12.0. The highest BCUT2D eigenvalue weighted by Gasteiger charge is 2.23. The Balaban J connectivity index is 2.07. The van der Waals surface area contributed by atoms with Crippen molar-refractivity contribution in [2.45, 2.75) is 38.6 Å². The maximum absolute atomic E-state index is 13.6. The largest absolute Gasteiger partial charge is 0.349 e. The van der Waals surface area contributed by atoms with Gasteiger partial charge >= 0.3 is 0 Å². The van der Waals surface area contributed by atoms with Crippen molar-refractivity contribution in [1.29, 1.82) is 0 Å². The number of benzene rings is 1. The Bertz CT molecular complexity index is 429. The van der Waals surface area contributed by atoms with Crippen LogP contribution in [0.5, 0.6) is 0 Å². The van der Waals surface area contributed by atoms with Gasteiger partial charge in [0, 0.05) is 10.5 Å². The lowest BCUT2D eigenvalue weighted by Crippen LogP contribution is -2.38. The third kappa shape index (κ3) is 3.10. The smallest absolute Gasteiger partial charge is 0.255 e. The molecule has 2 unspecified atom stereocenters. The Morgan fingerprint density at radius 3 is 2.89 bits per heavy atom. The van der Waals surface area contributed by atoms with Crippen LogP contribution in [0.15, 0.2) is 22.7 Å². The van der Waals surface area contributed by atoms with Gasteiger partial charge in [-0.2, -0.15) is 0 Å². The van der Waals surface area contributed by atoms with E-state index in [0.717, 1.165) is 19.3 Å². The molecule has 4 heteroatoms. The van der Waals surface area contributed by atoms with E-state index in [2.05, 4.69) is 28.2 Å². The van der Waals surface area contributed by atoms with Gasteiger partial charge in [-0.3, -0.25) is 4.79 Å². The molecule has 1 saturated carbocycles. The molecule has 1 aliphatic rings. The summed E-state index contributed by atoms with van der Waals surface area (Å²) in [5.41, 5.74) is 0.107. The predicted octanol–water partition coefficient (Wildman–Crippen LogP) is 3.90. The lowest BCUT2D eigenvalue weighted by Gasteiger charge is -2.27. The first-order chi connectivity index (χ1) is 8.58. The normalized spacial score (nSPS) is 23.7. The van der Waals surface area contributed by atoms with Crippen LogP contribution in [0.2, 0.25) is 0 Å². The summed E-state index contributed by atoms with van der Waals surface area (Å²) in [5.74, 6) is -0.169. The minimum Gasteiger partial charge on any atom is -0.349 e. The van der Waals surface area contributed by atoms with Crippen molar-refractivity contribution in [3.63, 3.8) is 0 Å². The number of rotatable bonds is 2. The van der Waals surface area contributed by atoms with Crippen LogP contribution in [0.4, 0.5) is 4.39 Å². The Morgan fingerprint density at radius 2 is 2.22 bits per heavy atom. The second-order valence-corrected chi connectivity index (χ2v) is 5.89. The standard InChI is InChI=1S/C14H17BrFNO/c1-9-4-2-5-10(8-9)17-14(18)13-11(15)6-3-7-12(13)16/h3,6-7,9-10H,2,4-5,8H2,1H3,(H,17,18). The summed E-state index contributed by atoms with van der Waals surface area (Å²) < 4.78 is 14.1. The average Bonchev–Trinajstić information content (AvgIpc) is 2.28. The van der Waals surface area contributed by atoms with Gasteiger partial charge in [0.1, 0.15) is 5.82 Å². The number of hydrogen-bond donors (Lipinski definition) is 1. The molecule has 1 aromatic rings. The van der Waals surface area contributed by atoms with Gasteiger partial charge in [-0.15, -0.1) is 0 Å². The van der Waals surface area contributed by atoms with E-state index in [1.54, 1.807) is 12.1 Å². The summed E-state index contributed by atoms with van der Waals surface area (Å²) in [6.45, 7) is 2.19. The van der Waals surface area contributed by atoms with Crippen molar-refractivity contribution in [3.05, 3.63) is 34.1 Å². The third-order valence-electron chi connectivity index (χ3n) is 3.46. The van der Waals surface area contributed by atoms with Gasteiger partial charge in [0.25, 0.3) is 5.91 Å². The first kappa shape index (κ1) is 13.5. The molecule has 0 aromatic heterocycles. The molecule has 0 heterocycles. The van der Waals surface area contributed by atoms with E-state index in [1.807, 2.05) is 0 Å².